The number of imidazole rings is 1. The summed E-state index contributed by atoms with van der Waals surface area (Å²) in [5.41, 5.74) is 3.88. The summed E-state index contributed by atoms with van der Waals surface area (Å²) in [7, 11) is -1.14. The number of aromatic nitrogens is 4. The molecule has 0 spiro atoms. The molecule has 9 nitrogen and oxygen atoms in total. The van der Waals surface area contributed by atoms with Crippen molar-refractivity contribution < 1.29 is 19.4 Å². The van der Waals surface area contributed by atoms with Gasteiger partial charge in [0.2, 0.25) is 5.95 Å². The van der Waals surface area contributed by atoms with Gasteiger partial charge in [0.15, 0.2) is 0 Å². The molecule has 4 rings (SSSR count). The van der Waals surface area contributed by atoms with E-state index in [1.165, 1.54) is 0 Å². The summed E-state index contributed by atoms with van der Waals surface area (Å²) in [6, 6.07) is 18.3. The number of nitrogens with zero attached hydrogens (tertiary/aromatic N) is 4. The van der Waals surface area contributed by atoms with Gasteiger partial charge in [-0.15, -0.1) is 0 Å². The quantitative estimate of drug-likeness (QED) is 0.172. The SMILES string of the molecule is C[Si](C)(C)CCOCn1cc(-c2cccc(C(=O)Nc3nc(CCC(=O)O)cn3Cc3ccccc3)c2)cn1. The Morgan fingerprint density at radius 2 is 1.82 bits per heavy atom. The van der Waals surface area contributed by atoms with E-state index in [-0.39, 0.29) is 18.7 Å². The molecule has 0 aliphatic heterocycles. The second kappa shape index (κ2) is 12.7. The van der Waals surface area contributed by atoms with Gasteiger partial charge in [-0.3, -0.25) is 14.9 Å². The van der Waals surface area contributed by atoms with E-state index in [0.717, 1.165) is 29.3 Å². The number of carboxylic acids is 1. The molecule has 0 fully saturated rings. The number of carbonyl (C=O) groups excluding carboxylic acids is 1. The van der Waals surface area contributed by atoms with E-state index >= 15 is 0 Å². The van der Waals surface area contributed by atoms with Crippen molar-refractivity contribution in [2.24, 2.45) is 0 Å². The topological polar surface area (TPSA) is 111 Å². The van der Waals surface area contributed by atoms with E-state index in [1.54, 1.807) is 23.1 Å². The minimum atomic E-state index is -1.14. The van der Waals surface area contributed by atoms with E-state index in [1.807, 2.05) is 59.3 Å². The van der Waals surface area contributed by atoms with E-state index in [4.69, 9.17) is 9.84 Å². The Morgan fingerprint density at radius 1 is 1.03 bits per heavy atom. The van der Waals surface area contributed by atoms with Crippen molar-refractivity contribution in [2.75, 3.05) is 11.9 Å². The highest BCUT2D eigenvalue weighted by Crippen LogP contribution is 2.21. The van der Waals surface area contributed by atoms with Crippen LogP contribution in [0.3, 0.4) is 0 Å². The van der Waals surface area contributed by atoms with Crippen LogP contribution in [0.15, 0.2) is 73.2 Å². The van der Waals surface area contributed by atoms with Gasteiger partial charge in [-0.25, -0.2) is 9.67 Å². The standard InChI is InChI=1S/C29H35N5O4Si/c1-39(2,3)15-14-38-21-34-19-25(17-30-34)23-10-7-11-24(16-23)28(37)32-29-31-26(12-13-27(35)36)20-33(29)18-22-8-5-4-6-9-22/h4-11,16-17,19-20H,12-15,18,21H2,1-3H3,(H,35,36)(H,31,32,37). The fourth-order valence-electron chi connectivity index (χ4n) is 3.96. The number of aliphatic carboxylic acids is 1. The first kappa shape index (κ1) is 28.0. The Bertz CT molecular complexity index is 1410. The van der Waals surface area contributed by atoms with Crippen LogP contribution in [0.1, 0.15) is 28.0 Å². The maximum Gasteiger partial charge on any atom is 0.303 e. The molecule has 2 aromatic heterocycles. The Labute approximate surface area is 229 Å². The molecular weight excluding hydrogens is 510 g/mol. The third-order valence-corrected chi connectivity index (χ3v) is 7.86. The van der Waals surface area contributed by atoms with E-state index in [9.17, 15) is 9.59 Å². The van der Waals surface area contributed by atoms with Crippen LogP contribution in [0.5, 0.6) is 0 Å². The lowest BCUT2D eigenvalue weighted by Gasteiger charge is -2.15. The highest BCUT2D eigenvalue weighted by atomic mass is 28.3. The van der Waals surface area contributed by atoms with Crippen molar-refractivity contribution in [3.8, 4) is 11.1 Å². The second-order valence-electron chi connectivity index (χ2n) is 10.7. The van der Waals surface area contributed by atoms with Gasteiger partial charge in [-0.1, -0.05) is 62.1 Å². The first-order valence-electron chi connectivity index (χ1n) is 13.0. The zero-order chi connectivity index (χ0) is 27.8. The van der Waals surface area contributed by atoms with Gasteiger partial charge in [0.1, 0.15) is 6.73 Å². The summed E-state index contributed by atoms with van der Waals surface area (Å²) in [6.45, 7) is 8.56. The van der Waals surface area contributed by atoms with Gasteiger partial charge < -0.3 is 14.4 Å². The molecule has 0 radical (unpaired) electrons. The van der Waals surface area contributed by atoms with Crippen LogP contribution in [-0.2, 0) is 29.2 Å². The predicted molar refractivity (Wildman–Crippen MR) is 153 cm³/mol. The third kappa shape index (κ3) is 8.49. The molecule has 0 aliphatic carbocycles. The normalized spacial score (nSPS) is 11.5. The number of amides is 1. The molecule has 204 valence electrons. The van der Waals surface area contributed by atoms with Crippen LogP contribution in [0.25, 0.3) is 11.1 Å². The Balaban J connectivity index is 1.46. The number of ether oxygens (including phenoxy) is 1. The lowest BCUT2D eigenvalue weighted by Crippen LogP contribution is -2.22. The highest BCUT2D eigenvalue weighted by Gasteiger charge is 2.16. The number of hydrogen-bond acceptors (Lipinski definition) is 5. The van der Waals surface area contributed by atoms with Crippen molar-refractivity contribution in [1.29, 1.82) is 0 Å². The van der Waals surface area contributed by atoms with Crippen LogP contribution >= 0.6 is 0 Å². The van der Waals surface area contributed by atoms with Gasteiger partial charge in [0.25, 0.3) is 5.91 Å². The molecule has 0 atom stereocenters. The second-order valence-corrected chi connectivity index (χ2v) is 16.3. The Hall–Kier alpha value is -4.02. The van der Waals surface area contributed by atoms with Gasteiger partial charge in [-0.05, 0) is 29.3 Å². The summed E-state index contributed by atoms with van der Waals surface area (Å²) in [4.78, 5) is 28.8. The number of carboxylic acid groups (broad SMARTS) is 1. The van der Waals surface area contributed by atoms with Crippen LogP contribution in [0.2, 0.25) is 25.7 Å². The van der Waals surface area contributed by atoms with Crippen molar-refractivity contribution in [1.82, 2.24) is 19.3 Å². The first-order valence-corrected chi connectivity index (χ1v) is 16.7. The lowest BCUT2D eigenvalue weighted by molar-refractivity contribution is -0.136. The molecule has 0 bridgehead atoms. The lowest BCUT2D eigenvalue weighted by atomic mass is 10.1. The number of nitrogens with one attached hydrogen (secondary N) is 1. The Morgan fingerprint density at radius 3 is 2.56 bits per heavy atom. The maximum atomic E-state index is 13.2. The minimum Gasteiger partial charge on any atom is -0.481 e. The molecule has 0 aliphatic rings. The molecule has 0 unspecified atom stereocenters. The minimum absolute atomic E-state index is 0.0329. The molecule has 2 heterocycles. The van der Waals surface area contributed by atoms with Gasteiger partial charge >= 0.3 is 5.97 Å². The third-order valence-electron chi connectivity index (χ3n) is 6.15. The molecule has 0 saturated carbocycles. The van der Waals surface area contributed by atoms with Gasteiger partial charge in [0.05, 0.1) is 24.9 Å². The molecule has 1 amide bonds. The van der Waals surface area contributed by atoms with Crippen molar-refractivity contribution in [3.63, 3.8) is 0 Å². The van der Waals surface area contributed by atoms with Crippen molar-refractivity contribution >= 4 is 25.9 Å². The Kier molecular flexibility index (Phi) is 9.10. The average Bonchev–Trinajstić information content (AvgIpc) is 3.53. The van der Waals surface area contributed by atoms with Crippen LogP contribution in [0, 0.1) is 0 Å². The summed E-state index contributed by atoms with van der Waals surface area (Å²) in [6.07, 6.45) is 5.71. The number of rotatable bonds is 13. The van der Waals surface area contributed by atoms with E-state index < -0.39 is 14.0 Å². The molecule has 0 saturated heterocycles. The van der Waals surface area contributed by atoms with Crippen LogP contribution < -0.4 is 5.32 Å². The zero-order valence-corrected chi connectivity index (χ0v) is 23.6. The van der Waals surface area contributed by atoms with Crippen molar-refractivity contribution in [3.05, 3.63) is 90.0 Å². The van der Waals surface area contributed by atoms with Gasteiger partial charge in [0, 0.05) is 44.6 Å². The number of hydrogen-bond donors (Lipinski definition) is 2. The molecule has 4 aromatic rings. The maximum absolute atomic E-state index is 13.2. The number of carbonyl (C=O) groups is 2. The van der Waals surface area contributed by atoms with E-state index in [2.05, 4.69) is 35.0 Å². The molecule has 2 N–H and O–H groups in total. The van der Waals surface area contributed by atoms with Crippen molar-refractivity contribution in [2.45, 2.75) is 51.8 Å². The van der Waals surface area contributed by atoms with Crippen LogP contribution in [-0.4, -0.2) is 51.0 Å². The zero-order valence-electron chi connectivity index (χ0n) is 22.6. The highest BCUT2D eigenvalue weighted by molar-refractivity contribution is 6.76. The molecule has 39 heavy (non-hydrogen) atoms. The summed E-state index contributed by atoms with van der Waals surface area (Å²) >= 11 is 0. The van der Waals surface area contributed by atoms with Crippen LogP contribution in [0.4, 0.5) is 5.95 Å². The van der Waals surface area contributed by atoms with Gasteiger partial charge in [-0.2, -0.15) is 5.10 Å². The summed E-state index contributed by atoms with van der Waals surface area (Å²) in [5, 5.41) is 16.4. The molecule has 10 heteroatoms. The largest absolute Gasteiger partial charge is 0.481 e. The number of anilines is 1. The monoisotopic (exact) mass is 545 g/mol. The first-order chi connectivity index (χ1) is 18.7. The smallest absolute Gasteiger partial charge is 0.303 e. The summed E-state index contributed by atoms with van der Waals surface area (Å²) in [5.74, 6) is -0.821. The fraction of sp³-hybridized carbons (Fsp3) is 0.310. The average molecular weight is 546 g/mol. The number of aryl methyl sites for hydroxylation is 1. The number of benzene rings is 2. The predicted octanol–water partition coefficient (Wildman–Crippen LogP) is 5.38. The molecular formula is C29H35N5O4Si. The summed E-state index contributed by atoms with van der Waals surface area (Å²) < 4.78 is 9.38. The fourth-order valence-corrected chi connectivity index (χ4v) is 4.72. The van der Waals surface area contributed by atoms with E-state index in [0.29, 0.717) is 30.5 Å². The molecule has 2 aromatic carbocycles.